The molecule has 0 rings (SSSR count). The third kappa shape index (κ3) is 19.3. The van der Waals surface area contributed by atoms with Gasteiger partial charge in [-0.25, -0.2) is 0 Å². The van der Waals surface area contributed by atoms with Gasteiger partial charge in [0.25, 0.3) is 0 Å². The first-order chi connectivity index (χ1) is 8.41. The van der Waals surface area contributed by atoms with Gasteiger partial charge in [0.2, 0.25) is 0 Å². The van der Waals surface area contributed by atoms with Crippen LogP contribution in [0.2, 0.25) is 10.0 Å². The molecule has 2 heteroatoms. The van der Waals surface area contributed by atoms with Gasteiger partial charge in [0, 0.05) is 13.5 Å². The Labute approximate surface area is 131 Å². The maximum Gasteiger partial charge on any atom is 0 e. The SMILES string of the molecule is CCCCCCC[CH2][Zn][CH2]CCCCCCC.[S]. The molecule has 0 nitrogen and oxygen atoms in total. The van der Waals surface area contributed by atoms with Crippen LogP contribution in [0.3, 0.4) is 0 Å². The smallest absolute Gasteiger partial charge is 0 e. The van der Waals surface area contributed by atoms with Gasteiger partial charge in [-0.05, 0) is 0 Å². The van der Waals surface area contributed by atoms with Crippen LogP contribution in [0.4, 0.5) is 0 Å². The summed E-state index contributed by atoms with van der Waals surface area (Å²) in [5.74, 6) is 0. The molecule has 0 fully saturated rings. The maximum atomic E-state index is 2.30. The largest absolute Gasteiger partial charge is 0 e. The quantitative estimate of drug-likeness (QED) is 0.233. The maximum absolute atomic E-state index is 2.30. The van der Waals surface area contributed by atoms with E-state index in [1.807, 2.05) is 0 Å². The molecule has 18 heavy (non-hydrogen) atoms. The van der Waals surface area contributed by atoms with Gasteiger partial charge in [0.1, 0.15) is 0 Å². The normalized spacial score (nSPS) is 9.89. The Hall–Kier alpha value is 0.973. The Kier molecular flexibility index (Phi) is 24.0. The Bertz CT molecular complexity index is 114. The van der Waals surface area contributed by atoms with Crippen LogP contribution in [0.5, 0.6) is 0 Å². The molecule has 0 amide bonds. The van der Waals surface area contributed by atoms with Gasteiger partial charge >= 0.3 is 118 Å². The van der Waals surface area contributed by atoms with E-state index >= 15 is 0 Å². The minimum atomic E-state index is -0.0720. The topological polar surface area (TPSA) is 0 Å². The molecule has 0 bridgehead atoms. The second kappa shape index (κ2) is 20.3. The van der Waals surface area contributed by atoms with Crippen molar-refractivity contribution in [2.45, 2.75) is 101 Å². The molecule has 0 heterocycles. The fourth-order valence-electron chi connectivity index (χ4n) is 2.44. The van der Waals surface area contributed by atoms with Gasteiger partial charge in [-0.15, -0.1) is 0 Å². The van der Waals surface area contributed by atoms with Crippen molar-refractivity contribution in [1.29, 1.82) is 0 Å². The summed E-state index contributed by atoms with van der Waals surface area (Å²) in [7, 11) is 0. The summed E-state index contributed by atoms with van der Waals surface area (Å²) in [5.41, 5.74) is 0. The fourth-order valence-corrected chi connectivity index (χ4v) is 6.15. The minimum absolute atomic E-state index is 0. The zero-order valence-electron chi connectivity index (χ0n) is 13.0. The summed E-state index contributed by atoms with van der Waals surface area (Å²) in [5, 5.41) is 3.35. The van der Waals surface area contributed by atoms with Gasteiger partial charge in [0.15, 0.2) is 0 Å². The predicted molar refractivity (Wildman–Crippen MR) is 84.0 cm³/mol. The van der Waals surface area contributed by atoms with E-state index in [2.05, 4.69) is 13.8 Å². The molecule has 106 valence electrons. The zero-order valence-corrected chi connectivity index (χ0v) is 16.8. The minimum Gasteiger partial charge on any atom is 0 e. The fraction of sp³-hybridized carbons (Fsp3) is 1.00. The van der Waals surface area contributed by atoms with Crippen molar-refractivity contribution in [2.75, 3.05) is 0 Å². The Morgan fingerprint density at radius 3 is 1.22 bits per heavy atom. The van der Waals surface area contributed by atoms with Gasteiger partial charge in [-0.2, -0.15) is 0 Å². The Morgan fingerprint density at radius 2 is 0.833 bits per heavy atom. The molecule has 0 saturated carbocycles. The van der Waals surface area contributed by atoms with Gasteiger partial charge in [-0.3, -0.25) is 0 Å². The van der Waals surface area contributed by atoms with Crippen molar-refractivity contribution in [3.63, 3.8) is 0 Å². The average Bonchev–Trinajstić information content (AvgIpc) is 2.35. The zero-order chi connectivity index (χ0) is 12.6. The molecule has 0 spiro atoms. The van der Waals surface area contributed by atoms with Crippen molar-refractivity contribution >= 4 is 13.5 Å². The second-order valence-electron chi connectivity index (χ2n) is 5.60. The molecule has 0 aliphatic rings. The van der Waals surface area contributed by atoms with Gasteiger partial charge < -0.3 is 0 Å². The van der Waals surface area contributed by atoms with Crippen LogP contribution in [0.1, 0.15) is 90.9 Å². The molecule has 0 N–H and O–H groups in total. The molecule has 0 aromatic heterocycles. The van der Waals surface area contributed by atoms with E-state index in [4.69, 9.17) is 0 Å². The number of hydrogen-bond acceptors (Lipinski definition) is 0. The van der Waals surface area contributed by atoms with Crippen molar-refractivity contribution in [1.82, 2.24) is 0 Å². The van der Waals surface area contributed by atoms with Crippen LogP contribution < -0.4 is 0 Å². The second-order valence-corrected chi connectivity index (χ2v) is 10.0. The monoisotopic (exact) mass is 322 g/mol. The van der Waals surface area contributed by atoms with Crippen molar-refractivity contribution in [3.05, 3.63) is 0 Å². The predicted octanol–water partition coefficient (Wildman–Crippen LogP) is 7.27. The van der Waals surface area contributed by atoms with Crippen LogP contribution in [0, 0.1) is 0 Å². The molecule has 0 aromatic rings. The molecular weight excluding hydrogens is 290 g/mol. The van der Waals surface area contributed by atoms with E-state index in [1.54, 1.807) is 22.9 Å². The van der Waals surface area contributed by atoms with E-state index in [9.17, 15) is 0 Å². The first-order valence-electron chi connectivity index (χ1n) is 8.41. The van der Waals surface area contributed by atoms with Crippen LogP contribution in [-0.2, 0) is 17.1 Å². The van der Waals surface area contributed by atoms with Crippen molar-refractivity contribution < 1.29 is 17.1 Å². The molecule has 0 aromatic carbocycles. The molecule has 0 saturated heterocycles. The van der Waals surface area contributed by atoms with Crippen molar-refractivity contribution in [2.24, 2.45) is 0 Å². The summed E-state index contributed by atoms with van der Waals surface area (Å²) in [6.07, 6.45) is 17.9. The standard InChI is InChI=1S/2C8H17.S.Zn/c2*1-3-5-7-8-6-4-2;;/h2*1,3-8H2,2H3;;. The first kappa shape index (κ1) is 21.3. The van der Waals surface area contributed by atoms with Crippen LogP contribution in [0.15, 0.2) is 0 Å². The van der Waals surface area contributed by atoms with E-state index in [0.717, 1.165) is 0 Å². The van der Waals surface area contributed by atoms with Crippen LogP contribution in [0.25, 0.3) is 0 Å². The number of rotatable bonds is 14. The number of unbranched alkanes of at least 4 members (excludes halogenated alkanes) is 10. The molecule has 0 atom stereocenters. The molecule has 0 aliphatic carbocycles. The van der Waals surface area contributed by atoms with Crippen LogP contribution >= 0.6 is 13.5 Å². The summed E-state index contributed by atoms with van der Waals surface area (Å²) in [4.78, 5) is 0. The van der Waals surface area contributed by atoms with E-state index in [-0.39, 0.29) is 30.6 Å². The van der Waals surface area contributed by atoms with E-state index in [0.29, 0.717) is 0 Å². The molecular formula is C16H34SZn. The summed E-state index contributed by atoms with van der Waals surface area (Å²) in [6.45, 7) is 4.60. The Balaban J connectivity index is 0. The van der Waals surface area contributed by atoms with Crippen LogP contribution in [-0.4, -0.2) is 0 Å². The third-order valence-electron chi connectivity index (χ3n) is 3.71. The van der Waals surface area contributed by atoms with Crippen molar-refractivity contribution in [3.8, 4) is 0 Å². The summed E-state index contributed by atoms with van der Waals surface area (Å²) < 4.78 is 0. The van der Waals surface area contributed by atoms with Gasteiger partial charge in [0.05, 0.1) is 0 Å². The molecule has 0 unspecified atom stereocenters. The third-order valence-corrected chi connectivity index (χ3v) is 7.90. The summed E-state index contributed by atoms with van der Waals surface area (Å²) >= 11 is -0.0720. The summed E-state index contributed by atoms with van der Waals surface area (Å²) in [6, 6.07) is 0. The molecule has 0 aliphatic heterocycles. The average molecular weight is 324 g/mol. The van der Waals surface area contributed by atoms with Gasteiger partial charge in [-0.1, -0.05) is 0 Å². The molecule has 2 radical (unpaired) electrons. The Morgan fingerprint density at radius 1 is 0.500 bits per heavy atom. The van der Waals surface area contributed by atoms with E-state index < -0.39 is 0 Å². The number of hydrogen-bond donors (Lipinski definition) is 0. The first-order valence-corrected chi connectivity index (χ1v) is 12.6. The van der Waals surface area contributed by atoms with E-state index in [1.165, 1.54) is 64.2 Å².